The van der Waals surface area contributed by atoms with E-state index in [-0.39, 0.29) is 16.6 Å². The third-order valence-corrected chi connectivity index (χ3v) is 6.52. The van der Waals surface area contributed by atoms with Crippen molar-refractivity contribution in [3.05, 3.63) is 23.8 Å². The van der Waals surface area contributed by atoms with E-state index < -0.39 is 0 Å². The van der Waals surface area contributed by atoms with Crippen molar-refractivity contribution in [3.8, 4) is 0 Å². The predicted octanol–water partition coefficient (Wildman–Crippen LogP) is 4.94. The summed E-state index contributed by atoms with van der Waals surface area (Å²) < 4.78 is 16.6. The summed E-state index contributed by atoms with van der Waals surface area (Å²) in [6.07, 6.45) is 3.22. The van der Waals surface area contributed by atoms with Crippen molar-refractivity contribution in [1.29, 1.82) is 0 Å². The second-order valence-electron chi connectivity index (χ2n) is 9.89. The highest BCUT2D eigenvalue weighted by molar-refractivity contribution is 6.57. The molecule has 155 valence electrons. The highest BCUT2D eigenvalue weighted by atomic mass is 19.1. The molecule has 1 N–H and O–H groups in total. The van der Waals surface area contributed by atoms with Crippen molar-refractivity contribution in [2.75, 3.05) is 13.6 Å². The third-order valence-electron chi connectivity index (χ3n) is 6.52. The van der Waals surface area contributed by atoms with E-state index in [4.69, 9.17) is 0 Å². The van der Waals surface area contributed by atoms with E-state index in [1.807, 2.05) is 14.0 Å². The maximum absolute atomic E-state index is 14.3. The molecule has 2 rings (SSSR count). The lowest BCUT2D eigenvalue weighted by molar-refractivity contribution is 0.157. The minimum atomic E-state index is -0.211. The maximum atomic E-state index is 14.3. The second-order valence-corrected chi connectivity index (χ2v) is 9.89. The van der Waals surface area contributed by atoms with Gasteiger partial charge in [-0.2, -0.15) is 0 Å². The Labute approximate surface area is 171 Å². The number of nitrogens with one attached hydrogen (secondary N) is 1. The van der Waals surface area contributed by atoms with Crippen LogP contribution in [-0.4, -0.2) is 30.4 Å². The predicted molar refractivity (Wildman–Crippen MR) is 120 cm³/mol. The Balaban J connectivity index is 2.43. The summed E-state index contributed by atoms with van der Waals surface area (Å²) in [7, 11) is 4.21. The quantitative estimate of drug-likeness (QED) is 0.619. The number of nitrogens with zero attached hydrogens (tertiary/aromatic N) is 2. The minimum absolute atomic E-state index is 0.114. The zero-order valence-electron chi connectivity index (χ0n) is 19.1. The van der Waals surface area contributed by atoms with Crippen LogP contribution in [0.25, 0.3) is 11.0 Å². The van der Waals surface area contributed by atoms with Gasteiger partial charge in [0.15, 0.2) is 7.28 Å². The molecule has 1 heterocycles. The fourth-order valence-electron chi connectivity index (χ4n) is 3.64. The van der Waals surface area contributed by atoms with Gasteiger partial charge in [0, 0.05) is 12.6 Å². The van der Waals surface area contributed by atoms with Crippen molar-refractivity contribution >= 4 is 23.8 Å². The molecule has 0 bridgehead atoms. The number of halogens is 1. The first-order valence-electron chi connectivity index (χ1n) is 10.6. The van der Waals surface area contributed by atoms with Crippen molar-refractivity contribution in [3.63, 3.8) is 0 Å². The number of hydrogen-bond acceptors (Lipinski definition) is 2. The molecular weight excluding hydrogens is 348 g/mol. The monoisotopic (exact) mass is 386 g/mol. The highest BCUT2D eigenvalue weighted by Crippen LogP contribution is 2.41. The van der Waals surface area contributed by atoms with Crippen LogP contribution in [0.1, 0.15) is 60.2 Å². The molecule has 0 saturated heterocycles. The topological polar surface area (TPSA) is 29.9 Å². The molecule has 1 aromatic heterocycles. The van der Waals surface area contributed by atoms with Gasteiger partial charge in [-0.25, -0.2) is 9.37 Å². The third kappa shape index (κ3) is 5.17. The van der Waals surface area contributed by atoms with Gasteiger partial charge in [0.1, 0.15) is 11.6 Å². The van der Waals surface area contributed by atoms with Crippen LogP contribution in [0.4, 0.5) is 4.39 Å². The Morgan fingerprint density at radius 3 is 2.46 bits per heavy atom. The highest BCUT2D eigenvalue weighted by Gasteiger charge is 2.32. The summed E-state index contributed by atoms with van der Waals surface area (Å²) in [6.45, 7) is 17.5. The average molecular weight is 386 g/mol. The van der Waals surface area contributed by atoms with Gasteiger partial charge in [-0.05, 0) is 49.8 Å². The van der Waals surface area contributed by atoms with E-state index in [1.165, 1.54) is 0 Å². The SMILES string of the molecule is CCCC(CNC)Cn1c(C)nc2cc(F)cc([B]CC(C)(C)C(C)(C)C)c21. The first-order chi connectivity index (χ1) is 13.0. The lowest BCUT2D eigenvalue weighted by Crippen LogP contribution is -2.34. The smallest absolute Gasteiger partial charge is 0.155 e. The lowest BCUT2D eigenvalue weighted by atomic mass is 9.53. The Bertz CT molecular complexity index is 783. The van der Waals surface area contributed by atoms with Gasteiger partial charge in [-0.1, -0.05) is 59.7 Å². The molecule has 28 heavy (non-hydrogen) atoms. The summed E-state index contributed by atoms with van der Waals surface area (Å²) in [5.74, 6) is 1.29. The summed E-state index contributed by atoms with van der Waals surface area (Å²) in [5, 5.41) is 3.32. The van der Waals surface area contributed by atoms with E-state index in [2.05, 4.69) is 63.7 Å². The van der Waals surface area contributed by atoms with Crippen LogP contribution in [0.5, 0.6) is 0 Å². The summed E-state index contributed by atoms with van der Waals surface area (Å²) in [4.78, 5) is 4.68. The minimum Gasteiger partial charge on any atom is -0.328 e. The number of hydrogen-bond donors (Lipinski definition) is 1. The van der Waals surface area contributed by atoms with Gasteiger partial charge < -0.3 is 9.88 Å². The molecule has 1 radical (unpaired) electrons. The molecule has 1 aromatic carbocycles. The van der Waals surface area contributed by atoms with Gasteiger partial charge in [0.2, 0.25) is 0 Å². The molecule has 1 unspecified atom stereocenters. The molecule has 0 spiro atoms. The van der Waals surface area contributed by atoms with E-state index in [1.54, 1.807) is 12.1 Å². The molecule has 0 aliphatic carbocycles. The average Bonchev–Trinajstić information content (AvgIpc) is 2.87. The molecule has 0 aliphatic heterocycles. The van der Waals surface area contributed by atoms with Crippen molar-refractivity contribution in [2.45, 2.75) is 74.2 Å². The van der Waals surface area contributed by atoms with Gasteiger partial charge in [-0.3, -0.25) is 0 Å². The Kier molecular flexibility index (Phi) is 7.35. The molecule has 2 aromatic rings. The van der Waals surface area contributed by atoms with Crippen LogP contribution in [0.15, 0.2) is 12.1 Å². The summed E-state index contributed by atoms with van der Waals surface area (Å²) in [6, 6.07) is 3.24. The molecular formula is C23H38BFN3. The van der Waals surface area contributed by atoms with Crippen molar-refractivity contribution in [2.24, 2.45) is 16.7 Å². The zero-order chi connectivity index (χ0) is 21.1. The second kappa shape index (κ2) is 8.98. The zero-order valence-corrected chi connectivity index (χ0v) is 19.1. The summed E-state index contributed by atoms with van der Waals surface area (Å²) in [5.41, 5.74) is 3.08. The summed E-state index contributed by atoms with van der Waals surface area (Å²) >= 11 is 0. The number of fused-ring (bicyclic) bond motifs is 1. The van der Waals surface area contributed by atoms with E-state index >= 15 is 0 Å². The Hall–Kier alpha value is -1.36. The Morgan fingerprint density at radius 2 is 1.89 bits per heavy atom. The molecule has 0 saturated carbocycles. The number of imidazole rings is 1. The number of aromatic nitrogens is 2. The fourth-order valence-corrected chi connectivity index (χ4v) is 3.64. The fraction of sp³-hybridized carbons (Fsp3) is 0.696. The first-order valence-corrected chi connectivity index (χ1v) is 10.6. The van der Waals surface area contributed by atoms with Crippen LogP contribution >= 0.6 is 0 Å². The maximum Gasteiger partial charge on any atom is 0.155 e. The van der Waals surface area contributed by atoms with Crippen molar-refractivity contribution < 1.29 is 4.39 Å². The van der Waals surface area contributed by atoms with Crippen LogP contribution in [-0.2, 0) is 6.54 Å². The largest absolute Gasteiger partial charge is 0.328 e. The standard InChI is InChI=1S/C23H38BFN3/c1-9-10-17(13-26-8)14-28-16(2)27-20-12-18(25)11-19(21(20)28)24-15-23(6,7)22(3,4)5/h11-12,17,26H,9-10,13-15H2,1-8H3. The van der Waals surface area contributed by atoms with Gasteiger partial charge in [-0.15, -0.1) is 0 Å². The molecule has 0 amide bonds. The van der Waals surface area contributed by atoms with E-state index in [0.29, 0.717) is 5.92 Å². The van der Waals surface area contributed by atoms with E-state index in [9.17, 15) is 4.39 Å². The molecule has 0 fully saturated rings. The molecule has 5 heteroatoms. The Morgan fingerprint density at radius 1 is 1.21 bits per heavy atom. The van der Waals surface area contributed by atoms with Gasteiger partial charge in [0.25, 0.3) is 0 Å². The van der Waals surface area contributed by atoms with Crippen LogP contribution in [0, 0.1) is 29.5 Å². The molecule has 1 atom stereocenters. The number of benzene rings is 1. The van der Waals surface area contributed by atoms with Gasteiger partial charge >= 0.3 is 0 Å². The normalized spacial score (nSPS) is 13.9. The van der Waals surface area contributed by atoms with Crippen LogP contribution < -0.4 is 10.8 Å². The van der Waals surface area contributed by atoms with Crippen LogP contribution in [0.3, 0.4) is 0 Å². The number of rotatable bonds is 9. The molecule has 3 nitrogen and oxygen atoms in total. The van der Waals surface area contributed by atoms with Crippen molar-refractivity contribution in [1.82, 2.24) is 14.9 Å². The number of aryl methyl sites for hydroxylation is 1. The van der Waals surface area contributed by atoms with Gasteiger partial charge in [0.05, 0.1) is 11.0 Å². The lowest BCUT2D eigenvalue weighted by Gasteiger charge is -2.39. The van der Waals surface area contributed by atoms with Crippen LogP contribution in [0.2, 0.25) is 6.32 Å². The first kappa shape index (κ1) is 22.9. The molecule has 0 aliphatic rings. The van der Waals surface area contributed by atoms with E-state index in [0.717, 1.165) is 54.6 Å².